The van der Waals surface area contributed by atoms with E-state index in [1.54, 1.807) is 28.6 Å². The number of sulfonamides is 1. The number of nitrogens with one attached hydrogen (secondary N) is 2. The largest absolute Gasteiger partial charge is 0.352 e. The van der Waals surface area contributed by atoms with Crippen LogP contribution in [0, 0.1) is 5.92 Å². The Balaban J connectivity index is 1.56. The molecule has 2 heterocycles. The number of amides is 1. The summed E-state index contributed by atoms with van der Waals surface area (Å²) in [6.45, 7) is 4.62. The summed E-state index contributed by atoms with van der Waals surface area (Å²) in [7, 11) is -3.39. The topological polar surface area (TPSA) is 78.5 Å². The van der Waals surface area contributed by atoms with Gasteiger partial charge in [-0.05, 0) is 56.8 Å². The second-order valence-electron chi connectivity index (χ2n) is 7.40. The Hall–Kier alpha value is -1.44. The van der Waals surface area contributed by atoms with Crippen LogP contribution in [0.15, 0.2) is 29.2 Å². The van der Waals surface area contributed by atoms with Gasteiger partial charge in [0.25, 0.3) is 0 Å². The fraction of sp³-hybridized carbons (Fsp3) is 0.632. The Labute approximate surface area is 156 Å². The van der Waals surface area contributed by atoms with Crippen molar-refractivity contribution in [1.82, 2.24) is 14.9 Å². The molecule has 0 saturated carbocycles. The van der Waals surface area contributed by atoms with Gasteiger partial charge >= 0.3 is 0 Å². The van der Waals surface area contributed by atoms with E-state index in [4.69, 9.17) is 0 Å². The molecule has 2 fully saturated rings. The number of hydrogen-bond acceptors (Lipinski definition) is 4. The van der Waals surface area contributed by atoms with E-state index in [-0.39, 0.29) is 11.8 Å². The lowest BCUT2D eigenvalue weighted by Crippen LogP contribution is -2.42. The lowest BCUT2D eigenvalue weighted by Gasteiger charge is -2.27. The molecule has 1 aromatic rings. The van der Waals surface area contributed by atoms with Gasteiger partial charge in [-0.1, -0.05) is 18.6 Å². The summed E-state index contributed by atoms with van der Waals surface area (Å²) >= 11 is 0. The summed E-state index contributed by atoms with van der Waals surface area (Å²) in [6, 6.07) is 7.26. The summed E-state index contributed by atoms with van der Waals surface area (Å²) < 4.78 is 26.9. The highest BCUT2D eigenvalue weighted by Crippen LogP contribution is 2.21. The molecule has 0 radical (unpaired) electrons. The molecular weight excluding hydrogens is 350 g/mol. The van der Waals surface area contributed by atoms with Gasteiger partial charge in [-0.15, -0.1) is 0 Å². The third-order valence-electron chi connectivity index (χ3n) is 5.34. The zero-order chi connectivity index (χ0) is 18.6. The van der Waals surface area contributed by atoms with Crippen LogP contribution in [0.25, 0.3) is 0 Å². The molecule has 0 unspecified atom stereocenters. The fourth-order valence-electron chi connectivity index (χ4n) is 3.74. The molecule has 2 N–H and O–H groups in total. The monoisotopic (exact) mass is 379 g/mol. The molecule has 2 atom stereocenters. The summed E-state index contributed by atoms with van der Waals surface area (Å²) in [5, 5.41) is 6.33. The van der Waals surface area contributed by atoms with Crippen molar-refractivity contribution in [1.29, 1.82) is 0 Å². The van der Waals surface area contributed by atoms with Crippen LogP contribution in [-0.4, -0.2) is 44.3 Å². The third kappa shape index (κ3) is 4.64. The molecule has 7 heteroatoms. The van der Waals surface area contributed by atoms with Crippen molar-refractivity contribution in [2.75, 3.05) is 19.6 Å². The smallest absolute Gasteiger partial charge is 0.243 e. The number of carbonyl (C=O) groups excluding carboxylic acids is 1. The van der Waals surface area contributed by atoms with Gasteiger partial charge in [0.05, 0.1) is 4.90 Å². The molecule has 2 aliphatic rings. The summed E-state index contributed by atoms with van der Waals surface area (Å²) in [4.78, 5) is 12.6. The predicted molar refractivity (Wildman–Crippen MR) is 101 cm³/mol. The van der Waals surface area contributed by atoms with Crippen LogP contribution in [0.4, 0.5) is 0 Å². The molecule has 2 aliphatic heterocycles. The van der Waals surface area contributed by atoms with Crippen molar-refractivity contribution in [2.24, 2.45) is 5.92 Å². The Morgan fingerprint density at radius 2 is 1.88 bits per heavy atom. The number of piperidine rings is 2. The molecule has 0 aromatic heterocycles. The molecule has 1 amide bonds. The van der Waals surface area contributed by atoms with E-state index in [9.17, 15) is 13.2 Å². The van der Waals surface area contributed by atoms with Crippen LogP contribution in [0.2, 0.25) is 0 Å². The van der Waals surface area contributed by atoms with Crippen LogP contribution in [0.5, 0.6) is 0 Å². The zero-order valence-electron chi connectivity index (χ0n) is 15.4. The molecule has 26 heavy (non-hydrogen) atoms. The van der Waals surface area contributed by atoms with Crippen molar-refractivity contribution < 1.29 is 13.2 Å². The fourth-order valence-corrected chi connectivity index (χ4v) is 5.25. The minimum Gasteiger partial charge on any atom is -0.352 e. The Morgan fingerprint density at radius 3 is 2.54 bits per heavy atom. The standard InChI is InChI=1S/C19H29N3O3S/c1-15-13-17(9-10-20-15)19(23)21-14-16-5-7-18(8-6-16)26(24,25)22-11-3-2-4-12-22/h5-8,15,17,20H,2-4,9-14H2,1H3,(H,21,23)/t15-,17-/m0/s1. The molecule has 2 saturated heterocycles. The number of rotatable bonds is 5. The van der Waals surface area contributed by atoms with Crippen molar-refractivity contribution in [3.8, 4) is 0 Å². The number of benzene rings is 1. The van der Waals surface area contributed by atoms with E-state index in [1.165, 1.54) is 0 Å². The van der Waals surface area contributed by atoms with Crippen molar-refractivity contribution in [3.05, 3.63) is 29.8 Å². The van der Waals surface area contributed by atoms with Gasteiger partial charge in [-0.3, -0.25) is 4.79 Å². The van der Waals surface area contributed by atoms with E-state index < -0.39 is 10.0 Å². The maximum absolute atomic E-state index is 12.7. The van der Waals surface area contributed by atoms with Crippen LogP contribution in [0.1, 0.15) is 44.6 Å². The molecule has 3 rings (SSSR count). The molecule has 0 bridgehead atoms. The lowest BCUT2D eigenvalue weighted by molar-refractivity contribution is -0.126. The van der Waals surface area contributed by atoms with Gasteiger partial charge in [-0.2, -0.15) is 4.31 Å². The average Bonchev–Trinajstić information content (AvgIpc) is 2.67. The molecule has 144 valence electrons. The molecule has 6 nitrogen and oxygen atoms in total. The minimum absolute atomic E-state index is 0.0602. The highest BCUT2D eigenvalue weighted by Gasteiger charge is 2.26. The van der Waals surface area contributed by atoms with E-state index >= 15 is 0 Å². The molecule has 0 spiro atoms. The first kappa shape index (κ1) is 19.3. The van der Waals surface area contributed by atoms with Crippen LogP contribution in [-0.2, 0) is 21.4 Å². The van der Waals surface area contributed by atoms with Gasteiger partial charge in [0.1, 0.15) is 0 Å². The minimum atomic E-state index is -3.39. The maximum atomic E-state index is 12.7. The van der Waals surface area contributed by atoms with E-state index in [0.29, 0.717) is 30.6 Å². The normalized spacial score (nSPS) is 25.0. The van der Waals surface area contributed by atoms with Gasteiger partial charge in [0.15, 0.2) is 0 Å². The van der Waals surface area contributed by atoms with E-state index in [1.807, 2.05) is 0 Å². The van der Waals surface area contributed by atoms with Gasteiger partial charge in [-0.25, -0.2) is 8.42 Å². The second kappa shape index (κ2) is 8.50. The zero-order valence-corrected chi connectivity index (χ0v) is 16.2. The molecule has 0 aliphatic carbocycles. The average molecular weight is 380 g/mol. The Bertz CT molecular complexity index is 712. The maximum Gasteiger partial charge on any atom is 0.243 e. The van der Waals surface area contributed by atoms with Crippen LogP contribution in [0.3, 0.4) is 0 Å². The summed E-state index contributed by atoms with van der Waals surface area (Å²) in [6.07, 6.45) is 4.68. The van der Waals surface area contributed by atoms with Crippen LogP contribution >= 0.6 is 0 Å². The van der Waals surface area contributed by atoms with Gasteiger partial charge in [0.2, 0.25) is 15.9 Å². The van der Waals surface area contributed by atoms with E-state index in [2.05, 4.69) is 17.6 Å². The van der Waals surface area contributed by atoms with Crippen molar-refractivity contribution >= 4 is 15.9 Å². The Kier molecular flexibility index (Phi) is 6.32. The Morgan fingerprint density at radius 1 is 1.19 bits per heavy atom. The SMILES string of the molecule is C[C@H]1C[C@@H](C(=O)NCc2ccc(S(=O)(=O)N3CCCCC3)cc2)CCN1. The molecule has 1 aromatic carbocycles. The summed E-state index contributed by atoms with van der Waals surface area (Å²) in [5.41, 5.74) is 0.915. The second-order valence-corrected chi connectivity index (χ2v) is 9.34. The highest BCUT2D eigenvalue weighted by atomic mass is 32.2. The number of carbonyl (C=O) groups is 1. The lowest BCUT2D eigenvalue weighted by atomic mass is 9.92. The van der Waals surface area contributed by atoms with Gasteiger partial charge in [0, 0.05) is 31.6 Å². The third-order valence-corrected chi connectivity index (χ3v) is 7.25. The number of hydrogen-bond donors (Lipinski definition) is 2. The summed E-state index contributed by atoms with van der Waals surface area (Å²) in [5.74, 6) is 0.147. The van der Waals surface area contributed by atoms with Crippen molar-refractivity contribution in [2.45, 2.75) is 56.5 Å². The van der Waals surface area contributed by atoms with E-state index in [0.717, 1.165) is 44.2 Å². The molecular formula is C19H29N3O3S. The first-order valence-corrected chi connectivity index (χ1v) is 11.0. The first-order chi connectivity index (χ1) is 12.5. The van der Waals surface area contributed by atoms with Crippen molar-refractivity contribution in [3.63, 3.8) is 0 Å². The number of nitrogens with zero attached hydrogens (tertiary/aromatic N) is 1. The van der Waals surface area contributed by atoms with Crippen LogP contribution < -0.4 is 10.6 Å². The predicted octanol–water partition coefficient (Wildman–Crippen LogP) is 1.87. The highest BCUT2D eigenvalue weighted by molar-refractivity contribution is 7.89. The quantitative estimate of drug-likeness (QED) is 0.819. The van der Waals surface area contributed by atoms with Gasteiger partial charge < -0.3 is 10.6 Å². The first-order valence-electron chi connectivity index (χ1n) is 9.57.